The zero-order valence-corrected chi connectivity index (χ0v) is 17.3. The highest BCUT2D eigenvalue weighted by molar-refractivity contribution is 6.17. The average molecular weight is 369 g/mol. The molecular formula is C28H32. The van der Waals surface area contributed by atoms with Gasteiger partial charge < -0.3 is 0 Å². The summed E-state index contributed by atoms with van der Waals surface area (Å²) in [6, 6.07) is 18.2. The Bertz CT molecular complexity index is 977. The van der Waals surface area contributed by atoms with E-state index in [0.29, 0.717) is 0 Å². The van der Waals surface area contributed by atoms with Crippen LogP contribution in [0.1, 0.15) is 69.4 Å². The van der Waals surface area contributed by atoms with Crippen LogP contribution in [0.2, 0.25) is 0 Å². The number of benzene rings is 3. The molecule has 0 amide bonds. The minimum atomic E-state index is 1.19. The molecule has 3 aromatic carbocycles. The van der Waals surface area contributed by atoms with E-state index in [1.54, 1.807) is 0 Å². The Morgan fingerprint density at radius 3 is 2.21 bits per heavy atom. The van der Waals surface area contributed by atoms with Gasteiger partial charge in [-0.05, 0) is 57.0 Å². The van der Waals surface area contributed by atoms with Crippen LogP contribution in [0.15, 0.2) is 55.1 Å². The van der Waals surface area contributed by atoms with Crippen molar-refractivity contribution >= 4 is 16.8 Å². The quantitative estimate of drug-likeness (QED) is 0.245. The number of aryl methyl sites for hydroxylation is 1. The first kappa shape index (κ1) is 19.0. The van der Waals surface area contributed by atoms with Gasteiger partial charge in [0.2, 0.25) is 0 Å². The third kappa shape index (κ3) is 3.53. The zero-order chi connectivity index (χ0) is 19.3. The second-order valence-corrected chi connectivity index (χ2v) is 8.20. The highest BCUT2D eigenvalue weighted by atomic mass is 14.3. The fourth-order valence-electron chi connectivity index (χ4n) is 4.83. The average Bonchev–Trinajstić information content (AvgIpc) is 3.07. The molecule has 144 valence electrons. The highest BCUT2D eigenvalue weighted by Crippen LogP contribution is 2.49. The van der Waals surface area contributed by atoms with E-state index in [-0.39, 0.29) is 0 Å². The Morgan fingerprint density at radius 2 is 1.43 bits per heavy atom. The van der Waals surface area contributed by atoms with Crippen molar-refractivity contribution < 1.29 is 0 Å². The van der Waals surface area contributed by atoms with Crippen LogP contribution in [0, 0.1) is 0 Å². The fraction of sp³-hybridized carbons (Fsp3) is 0.357. The van der Waals surface area contributed by atoms with Crippen molar-refractivity contribution in [2.45, 2.75) is 64.7 Å². The largest absolute Gasteiger partial charge is 0.0984 e. The topological polar surface area (TPSA) is 0 Å². The molecule has 0 spiro atoms. The van der Waals surface area contributed by atoms with E-state index in [0.717, 1.165) is 0 Å². The van der Waals surface area contributed by atoms with Gasteiger partial charge in [-0.2, -0.15) is 0 Å². The van der Waals surface area contributed by atoms with Gasteiger partial charge in [0.05, 0.1) is 0 Å². The van der Waals surface area contributed by atoms with Gasteiger partial charge in [0, 0.05) is 0 Å². The van der Waals surface area contributed by atoms with E-state index in [2.05, 4.69) is 62.0 Å². The summed E-state index contributed by atoms with van der Waals surface area (Å²) in [7, 11) is 0. The van der Waals surface area contributed by atoms with Crippen LogP contribution < -0.4 is 0 Å². The van der Waals surface area contributed by atoms with Gasteiger partial charge in [0.25, 0.3) is 0 Å². The molecule has 0 fully saturated rings. The van der Waals surface area contributed by atoms with Gasteiger partial charge in [-0.1, -0.05) is 113 Å². The van der Waals surface area contributed by atoms with E-state index in [1.807, 2.05) is 6.08 Å². The molecule has 0 aliphatic heterocycles. The van der Waals surface area contributed by atoms with Crippen molar-refractivity contribution in [3.05, 3.63) is 66.2 Å². The molecule has 0 N–H and O–H groups in total. The van der Waals surface area contributed by atoms with Crippen LogP contribution in [0.3, 0.4) is 0 Å². The molecule has 0 saturated heterocycles. The van der Waals surface area contributed by atoms with Crippen LogP contribution >= 0.6 is 0 Å². The summed E-state index contributed by atoms with van der Waals surface area (Å²) < 4.78 is 0. The smallest absolute Gasteiger partial charge is 0.00234 e. The Balaban J connectivity index is 1.51. The Morgan fingerprint density at radius 1 is 0.714 bits per heavy atom. The molecule has 0 bridgehead atoms. The maximum atomic E-state index is 4.03. The van der Waals surface area contributed by atoms with Crippen LogP contribution in [-0.2, 0) is 6.42 Å². The maximum absolute atomic E-state index is 4.03. The van der Waals surface area contributed by atoms with Crippen molar-refractivity contribution in [1.29, 1.82) is 0 Å². The molecule has 1 aliphatic carbocycles. The first-order chi connectivity index (χ1) is 13.8. The summed E-state index contributed by atoms with van der Waals surface area (Å²) in [6.07, 6.45) is 14.2. The Labute approximate surface area is 170 Å². The number of fused-ring (bicyclic) bond motifs is 3. The van der Waals surface area contributed by atoms with Crippen molar-refractivity contribution in [3.63, 3.8) is 0 Å². The van der Waals surface area contributed by atoms with E-state index in [9.17, 15) is 0 Å². The molecule has 0 unspecified atom stereocenters. The first-order valence-electron chi connectivity index (χ1n) is 11.2. The highest BCUT2D eigenvalue weighted by Gasteiger charge is 2.23. The molecule has 28 heavy (non-hydrogen) atoms. The number of hydrogen-bond acceptors (Lipinski definition) is 0. The van der Waals surface area contributed by atoms with Crippen LogP contribution in [0.5, 0.6) is 0 Å². The zero-order valence-electron chi connectivity index (χ0n) is 17.3. The lowest BCUT2D eigenvalue weighted by Gasteiger charge is -2.10. The molecule has 0 nitrogen and oxygen atoms in total. The minimum absolute atomic E-state index is 1.19. The van der Waals surface area contributed by atoms with Gasteiger partial charge in [-0.3, -0.25) is 0 Å². The van der Waals surface area contributed by atoms with E-state index >= 15 is 0 Å². The predicted molar refractivity (Wildman–Crippen MR) is 125 cm³/mol. The molecule has 0 radical (unpaired) electrons. The Kier molecular flexibility index (Phi) is 5.95. The summed E-state index contributed by atoms with van der Waals surface area (Å²) in [5.41, 5.74) is 8.26. The summed E-state index contributed by atoms with van der Waals surface area (Å²) >= 11 is 0. The number of unbranched alkanes of at least 4 members (excludes halogenated alkanes) is 7. The monoisotopic (exact) mass is 368 g/mol. The molecule has 3 aromatic rings. The second-order valence-electron chi connectivity index (χ2n) is 8.20. The molecule has 0 heteroatoms. The molecular weight excluding hydrogens is 336 g/mol. The van der Waals surface area contributed by atoms with Crippen LogP contribution in [-0.4, -0.2) is 0 Å². The molecule has 0 aromatic heterocycles. The second kappa shape index (κ2) is 8.78. The predicted octanol–water partition coefficient (Wildman–Crippen LogP) is 8.81. The van der Waals surface area contributed by atoms with Gasteiger partial charge in [-0.15, -0.1) is 0 Å². The first-order valence-corrected chi connectivity index (χ1v) is 11.2. The van der Waals surface area contributed by atoms with Crippen molar-refractivity contribution in [1.82, 2.24) is 0 Å². The maximum Gasteiger partial charge on any atom is -0.00234 e. The third-order valence-electron chi connectivity index (χ3n) is 6.31. The molecule has 0 saturated carbocycles. The molecule has 0 atom stereocenters. The van der Waals surface area contributed by atoms with Crippen molar-refractivity contribution in [2.24, 2.45) is 0 Å². The minimum Gasteiger partial charge on any atom is -0.0984 e. The van der Waals surface area contributed by atoms with Crippen molar-refractivity contribution in [2.75, 3.05) is 0 Å². The Hall–Kier alpha value is -2.34. The lowest BCUT2D eigenvalue weighted by molar-refractivity contribution is 0.576. The number of rotatable bonds is 10. The SMILES string of the molecule is C=Cc1cccc2c1-c1ccc(CCCCCCCCCC)c3cccc-2c13. The van der Waals surface area contributed by atoms with E-state index in [1.165, 1.54) is 102 Å². The summed E-state index contributed by atoms with van der Waals surface area (Å²) in [6.45, 7) is 6.32. The van der Waals surface area contributed by atoms with Crippen molar-refractivity contribution in [3.8, 4) is 22.3 Å². The van der Waals surface area contributed by atoms with Gasteiger partial charge in [0.15, 0.2) is 0 Å². The summed E-state index contributed by atoms with van der Waals surface area (Å²) in [5, 5.41) is 2.90. The van der Waals surface area contributed by atoms with Gasteiger partial charge >= 0.3 is 0 Å². The summed E-state index contributed by atoms with van der Waals surface area (Å²) in [4.78, 5) is 0. The molecule has 1 aliphatic rings. The lowest BCUT2D eigenvalue weighted by Crippen LogP contribution is -1.90. The van der Waals surface area contributed by atoms with Crippen LogP contribution in [0.25, 0.3) is 39.1 Å². The molecule has 0 heterocycles. The normalized spacial score (nSPS) is 11.8. The van der Waals surface area contributed by atoms with Gasteiger partial charge in [-0.25, -0.2) is 0 Å². The lowest BCUT2D eigenvalue weighted by atomic mass is 9.94. The van der Waals surface area contributed by atoms with Crippen LogP contribution in [0.4, 0.5) is 0 Å². The fourth-order valence-corrected chi connectivity index (χ4v) is 4.83. The number of hydrogen-bond donors (Lipinski definition) is 0. The third-order valence-corrected chi connectivity index (χ3v) is 6.31. The molecule has 4 rings (SSSR count). The van der Waals surface area contributed by atoms with E-state index < -0.39 is 0 Å². The van der Waals surface area contributed by atoms with Gasteiger partial charge in [0.1, 0.15) is 0 Å². The standard InChI is InChI=1S/C28H32/c1-3-5-6-7-8-9-10-11-14-22-19-20-26-27-21(4-2)15-12-17-24(27)25-18-13-16-23(22)28(25)26/h4,12-13,15-20H,2-3,5-11,14H2,1H3. The van der Waals surface area contributed by atoms with E-state index in [4.69, 9.17) is 0 Å². The summed E-state index contributed by atoms with van der Waals surface area (Å²) in [5.74, 6) is 0.